The average Bonchev–Trinajstić information content (AvgIpc) is 1.85. The minimum absolute atomic E-state index is 0.452. The Morgan fingerprint density at radius 2 is 2.44 bits per heavy atom. The molecule has 1 N–H and O–H groups in total. The van der Waals surface area contributed by atoms with Gasteiger partial charge in [-0.25, -0.2) is 4.39 Å². The topological polar surface area (TPSA) is 12.0 Å². The molecule has 0 heterocycles. The maximum absolute atomic E-state index is 12.5. The van der Waals surface area contributed by atoms with Crippen molar-refractivity contribution in [1.82, 2.24) is 5.32 Å². The second-order valence-electron chi connectivity index (χ2n) is 2.02. The summed E-state index contributed by atoms with van der Waals surface area (Å²) in [4.78, 5) is 0. The molecule has 1 nitrogen and oxygen atoms in total. The molecule has 0 radical (unpaired) electrons. The quantitative estimate of drug-likeness (QED) is 0.558. The maximum atomic E-state index is 12.5. The lowest BCUT2D eigenvalue weighted by Crippen LogP contribution is -2.19. The maximum Gasteiger partial charge on any atom is 0.113 e. The van der Waals surface area contributed by atoms with Gasteiger partial charge in [0.2, 0.25) is 0 Å². The molecule has 1 unspecified atom stereocenters. The van der Waals surface area contributed by atoms with E-state index in [1.165, 1.54) is 0 Å². The van der Waals surface area contributed by atoms with E-state index in [0.717, 1.165) is 6.42 Å². The smallest absolute Gasteiger partial charge is 0.113 e. The number of hydrogen-bond acceptors (Lipinski definition) is 1. The third-order valence-corrected chi connectivity index (χ3v) is 1.11. The van der Waals surface area contributed by atoms with Gasteiger partial charge in [-0.2, -0.15) is 0 Å². The molecule has 0 saturated heterocycles. The molecule has 0 spiro atoms. The first kappa shape index (κ1) is 8.63. The van der Waals surface area contributed by atoms with Crippen LogP contribution in [0, 0.1) is 0 Å². The van der Waals surface area contributed by atoms with Crippen LogP contribution >= 0.6 is 0 Å². The Kier molecular flexibility index (Phi) is 5.52. The van der Waals surface area contributed by atoms with Gasteiger partial charge in [-0.05, 0) is 19.9 Å². The third kappa shape index (κ3) is 5.50. The molecule has 1 atom stereocenters. The van der Waals surface area contributed by atoms with Crippen LogP contribution in [0.1, 0.15) is 12.8 Å². The normalized spacial score (nSPS) is 13.1. The predicted molar refractivity (Wildman–Crippen MR) is 38.3 cm³/mol. The van der Waals surface area contributed by atoms with Crippen molar-refractivity contribution in [3.05, 3.63) is 12.7 Å². The lowest BCUT2D eigenvalue weighted by atomic mass is 10.2. The third-order valence-electron chi connectivity index (χ3n) is 1.11. The highest BCUT2D eigenvalue weighted by molar-refractivity contribution is 4.69. The zero-order chi connectivity index (χ0) is 7.11. The predicted octanol–water partition coefficient (Wildman–Crippen LogP) is 1.51. The molecule has 9 heavy (non-hydrogen) atoms. The van der Waals surface area contributed by atoms with Gasteiger partial charge < -0.3 is 5.32 Å². The van der Waals surface area contributed by atoms with Crippen LogP contribution in [0.15, 0.2) is 12.7 Å². The van der Waals surface area contributed by atoms with E-state index in [1.54, 1.807) is 13.1 Å². The Morgan fingerprint density at radius 3 is 2.89 bits per heavy atom. The molecular formula is C7H14FN. The summed E-state index contributed by atoms with van der Waals surface area (Å²) in [6.07, 6.45) is 2.38. The molecule has 0 bridgehead atoms. The number of hydrogen-bond donors (Lipinski definition) is 1. The van der Waals surface area contributed by atoms with E-state index in [-0.39, 0.29) is 0 Å². The molecule has 2 heteroatoms. The van der Waals surface area contributed by atoms with Crippen LogP contribution in [0.4, 0.5) is 4.39 Å². The number of nitrogens with one attached hydrogen (secondary N) is 1. The number of alkyl halides is 1. The number of allylic oxidation sites excluding steroid dienone is 1. The van der Waals surface area contributed by atoms with Crippen LogP contribution in [-0.4, -0.2) is 19.8 Å². The number of rotatable bonds is 5. The second-order valence-corrected chi connectivity index (χ2v) is 2.02. The van der Waals surface area contributed by atoms with Gasteiger partial charge in [-0.1, -0.05) is 6.08 Å². The van der Waals surface area contributed by atoms with E-state index in [9.17, 15) is 4.39 Å². The fourth-order valence-corrected chi connectivity index (χ4v) is 0.622. The summed E-state index contributed by atoms with van der Waals surface area (Å²) in [5.41, 5.74) is 0. The average molecular weight is 131 g/mol. The van der Waals surface area contributed by atoms with Crippen LogP contribution in [0.3, 0.4) is 0 Å². The van der Waals surface area contributed by atoms with Crippen molar-refractivity contribution in [3.63, 3.8) is 0 Å². The Morgan fingerprint density at radius 1 is 1.78 bits per heavy atom. The highest BCUT2D eigenvalue weighted by Crippen LogP contribution is 1.99. The van der Waals surface area contributed by atoms with Crippen LogP contribution in [-0.2, 0) is 0 Å². The lowest BCUT2D eigenvalue weighted by molar-refractivity contribution is 0.309. The molecule has 0 aromatic carbocycles. The van der Waals surface area contributed by atoms with Crippen molar-refractivity contribution in [1.29, 1.82) is 0 Å². The Hall–Kier alpha value is -0.370. The Balaban J connectivity index is 3.04. The lowest BCUT2D eigenvalue weighted by Gasteiger charge is -2.03. The zero-order valence-corrected chi connectivity index (χ0v) is 5.86. The van der Waals surface area contributed by atoms with Crippen LogP contribution in [0.2, 0.25) is 0 Å². The van der Waals surface area contributed by atoms with E-state index in [1.807, 2.05) is 0 Å². The minimum atomic E-state index is -0.715. The summed E-state index contributed by atoms with van der Waals surface area (Å²) in [5.74, 6) is 0. The molecule has 0 saturated carbocycles. The van der Waals surface area contributed by atoms with Crippen molar-refractivity contribution in [2.45, 2.75) is 19.0 Å². The molecule has 0 aliphatic rings. The molecule has 0 fully saturated rings. The molecular weight excluding hydrogens is 117 g/mol. The fraction of sp³-hybridized carbons (Fsp3) is 0.714. The first-order valence-corrected chi connectivity index (χ1v) is 3.20. The van der Waals surface area contributed by atoms with Crippen molar-refractivity contribution < 1.29 is 4.39 Å². The zero-order valence-electron chi connectivity index (χ0n) is 5.86. The van der Waals surface area contributed by atoms with E-state index in [4.69, 9.17) is 0 Å². The summed E-state index contributed by atoms with van der Waals surface area (Å²) < 4.78 is 12.5. The van der Waals surface area contributed by atoms with Gasteiger partial charge >= 0.3 is 0 Å². The van der Waals surface area contributed by atoms with E-state index < -0.39 is 6.17 Å². The summed E-state index contributed by atoms with van der Waals surface area (Å²) in [5, 5.41) is 2.77. The van der Waals surface area contributed by atoms with Gasteiger partial charge in [-0.3, -0.25) is 0 Å². The van der Waals surface area contributed by atoms with Gasteiger partial charge in [-0.15, -0.1) is 6.58 Å². The standard InChI is InChI=1S/C7H14FN/c1-3-4-5-7(8)6-9-2/h3,7,9H,1,4-6H2,2H3. The molecule has 0 aromatic heterocycles. The molecule has 0 aliphatic carbocycles. The second kappa shape index (κ2) is 5.76. The molecule has 0 aliphatic heterocycles. The van der Waals surface area contributed by atoms with Crippen molar-refractivity contribution >= 4 is 0 Å². The summed E-state index contributed by atoms with van der Waals surface area (Å²) in [6.45, 7) is 3.96. The molecule has 0 amide bonds. The van der Waals surface area contributed by atoms with Gasteiger partial charge in [0.25, 0.3) is 0 Å². The summed E-state index contributed by atoms with van der Waals surface area (Å²) in [6, 6.07) is 0. The van der Waals surface area contributed by atoms with E-state index in [2.05, 4.69) is 11.9 Å². The monoisotopic (exact) mass is 131 g/mol. The summed E-state index contributed by atoms with van der Waals surface area (Å²) >= 11 is 0. The Labute approximate surface area is 56.0 Å². The molecule has 54 valence electrons. The van der Waals surface area contributed by atoms with E-state index in [0.29, 0.717) is 13.0 Å². The highest BCUT2D eigenvalue weighted by atomic mass is 19.1. The molecule has 0 aromatic rings. The fourth-order valence-electron chi connectivity index (χ4n) is 0.622. The van der Waals surface area contributed by atoms with Crippen LogP contribution < -0.4 is 5.32 Å². The summed E-state index contributed by atoms with van der Waals surface area (Å²) in [7, 11) is 1.75. The van der Waals surface area contributed by atoms with Crippen molar-refractivity contribution in [2.75, 3.05) is 13.6 Å². The van der Waals surface area contributed by atoms with Gasteiger partial charge in [0, 0.05) is 6.54 Å². The van der Waals surface area contributed by atoms with Gasteiger partial charge in [0.05, 0.1) is 0 Å². The van der Waals surface area contributed by atoms with Crippen molar-refractivity contribution in [3.8, 4) is 0 Å². The largest absolute Gasteiger partial charge is 0.317 e. The Bertz CT molecular complexity index is 73.3. The molecule has 0 rings (SSSR count). The highest BCUT2D eigenvalue weighted by Gasteiger charge is 2.00. The van der Waals surface area contributed by atoms with E-state index >= 15 is 0 Å². The first-order chi connectivity index (χ1) is 4.31. The minimum Gasteiger partial charge on any atom is -0.317 e. The SMILES string of the molecule is C=CCCC(F)CNC. The van der Waals surface area contributed by atoms with Crippen LogP contribution in [0.5, 0.6) is 0 Å². The number of halogens is 1. The first-order valence-electron chi connectivity index (χ1n) is 3.20. The van der Waals surface area contributed by atoms with Crippen molar-refractivity contribution in [2.24, 2.45) is 0 Å². The van der Waals surface area contributed by atoms with Gasteiger partial charge in [0.15, 0.2) is 0 Å². The van der Waals surface area contributed by atoms with Crippen LogP contribution in [0.25, 0.3) is 0 Å². The van der Waals surface area contributed by atoms with Gasteiger partial charge in [0.1, 0.15) is 6.17 Å².